The van der Waals surface area contributed by atoms with Gasteiger partial charge in [0.2, 0.25) is 5.91 Å². The van der Waals surface area contributed by atoms with E-state index in [1.54, 1.807) is 32.5 Å². The largest absolute Gasteiger partial charge is 0.462 e. The van der Waals surface area contributed by atoms with Crippen LogP contribution in [-0.2, 0) is 14.3 Å². The number of ether oxygens (including phenoxy) is 2. The first-order chi connectivity index (χ1) is 13.4. The highest BCUT2D eigenvalue weighted by molar-refractivity contribution is 8.01. The van der Waals surface area contributed by atoms with Crippen LogP contribution in [-0.4, -0.2) is 41.6 Å². The molecule has 1 heterocycles. The first kappa shape index (κ1) is 22.7. The summed E-state index contributed by atoms with van der Waals surface area (Å²) >= 11 is 2.75. The van der Waals surface area contributed by atoms with Gasteiger partial charge in [-0.25, -0.2) is 9.59 Å². The third-order valence-corrected chi connectivity index (χ3v) is 7.31. The number of amides is 1. The van der Waals surface area contributed by atoms with Gasteiger partial charge in [-0.2, -0.15) is 0 Å². The summed E-state index contributed by atoms with van der Waals surface area (Å²) in [4.78, 5) is 37.7. The standard InChI is InChI=1S/C20H29NO5S2/c1-5-25-19(23)15-12(3)16(20(24)26-6-2)28-18(15)21-17(22)13(4)27-14-10-8-7-9-11-14/h13-14H,5-11H2,1-4H3,(H,21,22). The summed E-state index contributed by atoms with van der Waals surface area (Å²) < 4.78 is 10.2. The summed E-state index contributed by atoms with van der Waals surface area (Å²) in [6.07, 6.45) is 5.98. The summed E-state index contributed by atoms with van der Waals surface area (Å²) in [6.45, 7) is 7.44. The van der Waals surface area contributed by atoms with E-state index in [1.165, 1.54) is 19.3 Å². The average Bonchev–Trinajstić information content (AvgIpc) is 2.99. The second-order valence-corrected chi connectivity index (χ2v) is 9.40. The number of carbonyl (C=O) groups is 3. The molecule has 0 aromatic carbocycles. The molecule has 1 atom stereocenters. The van der Waals surface area contributed by atoms with Crippen LogP contribution in [0.25, 0.3) is 0 Å². The smallest absolute Gasteiger partial charge is 0.348 e. The quantitative estimate of drug-likeness (QED) is 0.600. The Hall–Kier alpha value is -1.54. The molecule has 1 aromatic heterocycles. The van der Waals surface area contributed by atoms with Crippen molar-refractivity contribution >= 4 is 45.9 Å². The lowest BCUT2D eigenvalue weighted by atomic mass is 10.0. The molecule has 6 nitrogen and oxygen atoms in total. The molecule has 0 spiro atoms. The molecule has 156 valence electrons. The van der Waals surface area contributed by atoms with Crippen molar-refractivity contribution in [3.8, 4) is 0 Å². The van der Waals surface area contributed by atoms with Crippen LogP contribution in [0.5, 0.6) is 0 Å². The third-order valence-electron chi connectivity index (χ3n) is 4.64. The Morgan fingerprint density at radius 3 is 2.32 bits per heavy atom. The number of hydrogen-bond donors (Lipinski definition) is 1. The maximum atomic E-state index is 12.7. The SMILES string of the molecule is CCOC(=O)c1sc(NC(=O)C(C)SC2CCCCC2)c(C(=O)OCC)c1C. The van der Waals surface area contributed by atoms with Crippen molar-refractivity contribution in [2.75, 3.05) is 18.5 Å². The molecule has 1 amide bonds. The van der Waals surface area contributed by atoms with Crippen molar-refractivity contribution in [1.82, 2.24) is 0 Å². The highest BCUT2D eigenvalue weighted by Crippen LogP contribution is 2.36. The van der Waals surface area contributed by atoms with Gasteiger partial charge in [-0.05, 0) is 46.1 Å². The molecule has 28 heavy (non-hydrogen) atoms. The van der Waals surface area contributed by atoms with Crippen molar-refractivity contribution in [1.29, 1.82) is 0 Å². The third kappa shape index (κ3) is 5.73. The fourth-order valence-electron chi connectivity index (χ4n) is 3.21. The predicted octanol–water partition coefficient (Wildman–Crippen LogP) is 4.80. The zero-order chi connectivity index (χ0) is 20.7. The van der Waals surface area contributed by atoms with Crippen LogP contribution in [0.2, 0.25) is 0 Å². The molecular formula is C20H29NO5S2. The van der Waals surface area contributed by atoms with Crippen molar-refractivity contribution in [3.63, 3.8) is 0 Å². The molecule has 1 aliphatic carbocycles. The van der Waals surface area contributed by atoms with E-state index in [-0.39, 0.29) is 29.9 Å². The fourth-order valence-corrected chi connectivity index (χ4v) is 5.66. The molecular weight excluding hydrogens is 398 g/mol. The van der Waals surface area contributed by atoms with Gasteiger partial charge in [-0.3, -0.25) is 4.79 Å². The van der Waals surface area contributed by atoms with E-state index >= 15 is 0 Å². The number of carbonyl (C=O) groups excluding carboxylic acids is 3. The molecule has 0 aliphatic heterocycles. The second kappa shape index (κ2) is 10.9. The van der Waals surface area contributed by atoms with Gasteiger partial charge in [0.25, 0.3) is 0 Å². The first-order valence-electron chi connectivity index (χ1n) is 9.82. The first-order valence-corrected chi connectivity index (χ1v) is 11.6. The fraction of sp³-hybridized carbons (Fsp3) is 0.650. The number of nitrogens with one attached hydrogen (secondary N) is 1. The van der Waals surface area contributed by atoms with Crippen LogP contribution in [0, 0.1) is 6.92 Å². The van der Waals surface area contributed by atoms with Gasteiger partial charge in [-0.1, -0.05) is 19.3 Å². The number of rotatable bonds is 8. The Balaban J connectivity index is 2.19. The average molecular weight is 428 g/mol. The second-order valence-electron chi connectivity index (χ2n) is 6.73. The van der Waals surface area contributed by atoms with Gasteiger partial charge in [0.1, 0.15) is 9.88 Å². The van der Waals surface area contributed by atoms with Gasteiger partial charge in [0, 0.05) is 5.25 Å². The van der Waals surface area contributed by atoms with E-state index in [0.717, 1.165) is 24.2 Å². The van der Waals surface area contributed by atoms with Crippen molar-refractivity contribution in [3.05, 3.63) is 16.0 Å². The van der Waals surface area contributed by atoms with E-state index in [9.17, 15) is 14.4 Å². The van der Waals surface area contributed by atoms with Gasteiger partial charge in [0.05, 0.1) is 24.0 Å². The van der Waals surface area contributed by atoms with E-state index < -0.39 is 11.9 Å². The molecule has 1 unspecified atom stereocenters. The van der Waals surface area contributed by atoms with Crippen molar-refractivity contribution in [2.24, 2.45) is 0 Å². The van der Waals surface area contributed by atoms with Crippen LogP contribution in [0.4, 0.5) is 5.00 Å². The molecule has 1 aliphatic rings. The van der Waals surface area contributed by atoms with Crippen LogP contribution in [0.15, 0.2) is 0 Å². The molecule has 1 aromatic rings. The van der Waals surface area contributed by atoms with Crippen LogP contribution < -0.4 is 5.32 Å². The number of hydrogen-bond acceptors (Lipinski definition) is 7. The molecule has 8 heteroatoms. The Labute approximate surface area is 174 Å². The van der Waals surface area contributed by atoms with E-state index in [1.807, 2.05) is 6.92 Å². The Kier molecular flexibility index (Phi) is 8.82. The minimum Gasteiger partial charge on any atom is -0.462 e. The molecule has 0 radical (unpaired) electrons. The maximum Gasteiger partial charge on any atom is 0.348 e. The topological polar surface area (TPSA) is 81.7 Å². The van der Waals surface area contributed by atoms with Crippen LogP contribution >= 0.6 is 23.1 Å². The molecule has 1 N–H and O–H groups in total. The van der Waals surface area contributed by atoms with E-state index in [0.29, 0.717) is 20.7 Å². The molecule has 0 bridgehead atoms. The summed E-state index contributed by atoms with van der Waals surface area (Å²) in [7, 11) is 0. The molecule has 0 saturated heterocycles. The van der Waals surface area contributed by atoms with Gasteiger partial charge < -0.3 is 14.8 Å². The molecule has 1 saturated carbocycles. The monoisotopic (exact) mass is 427 g/mol. The van der Waals surface area contributed by atoms with Gasteiger partial charge >= 0.3 is 11.9 Å². The predicted molar refractivity (Wildman–Crippen MR) is 114 cm³/mol. The molecule has 1 fully saturated rings. The van der Waals surface area contributed by atoms with Crippen LogP contribution in [0.3, 0.4) is 0 Å². The highest BCUT2D eigenvalue weighted by atomic mass is 32.2. The van der Waals surface area contributed by atoms with Gasteiger partial charge in [0.15, 0.2) is 0 Å². The lowest BCUT2D eigenvalue weighted by Gasteiger charge is -2.23. The maximum absolute atomic E-state index is 12.7. The Morgan fingerprint density at radius 2 is 1.71 bits per heavy atom. The Morgan fingerprint density at radius 1 is 1.11 bits per heavy atom. The normalized spacial score (nSPS) is 15.7. The minimum atomic E-state index is -0.547. The zero-order valence-corrected chi connectivity index (χ0v) is 18.6. The van der Waals surface area contributed by atoms with E-state index in [2.05, 4.69) is 5.32 Å². The lowest BCUT2D eigenvalue weighted by Crippen LogP contribution is -2.26. The Bertz CT molecular complexity index is 710. The van der Waals surface area contributed by atoms with E-state index in [4.69, 9.17) is 9.47 Å². The number of thiophene rings is 1. The van der Waals surface area contributed by atoms with Crippen molar-refractivity contribution < 1.29 is 23.9 Å². The summed E-state index contributed by atoms with van der Waals surface area (Å²) in [5, 5.41) is 3.45. The molecule has 2 rings (SSSR count). The number of anilines is 1. The van der Waals surface area contributed by atoms with Crippen LogP contribution in [0.1, 0.15) is 78.5 Å². The number of esters is 2. The lowest BCUT2D eigenvalue weighted by molar-refractivity contribution is -0.115. The summed E-state index contributed by atoms with van der Waals surface area (Å²) in [6, 6.07) is 0. The summed E-state index contributed by atoms with van der Waals surface area (Å²) in [5.74, 6) is -1.21. The highest BCUT2D eigenvalue weighted by Gasteiger charge is 2.29. The zero-order valence-electron chi connectivity index (χ0n) is 17.0. The minimum absolute atomic E-state index is 0.169. The summed E-state index contributed by atoms with van der Waals surface area (Å²) in [5.41, 5.74) is 0.711. The number of thioether (sulfide) groups is 1. The van der Waals surface area contributed by atoms with Crippen molar-refractivity contribution in [2.45, 2.75) is 70.3 Å². The van der Waals surface area contributed by atoms with Gasteiger partial charge in [-0.15, -0.1) is 23.1 Å².